The van der Waals surface area contributed by atoms with Gasteiger partial charge in [0.15, 0.2) is 0 Å². The highest BCUT2D eigenvalue weighted by Gasteiger charge is 2.51. The number of benzene rings is 1. The number of piperidine rings is 1. The average molecular weight is 449 g/mol. The van der Waals surface area contributed by atoms with Crippen LogP contribution < -0.4 is 4.90 Å². The van der Waals surface area contributed by atoms with Gasteiger partial charge in [-0.1, -0.05) is 6.07 Å². The predicted molar refractivity (Wildman–Crippen MR) is 111 cm³/mol. The first kappa shape index (κ1) is 21.7. The van der Waals surface area contributed by atoms with Crippen LogP contribution in [0.1, 0.15) is 27.2 Å². The van der Waals surface area contributed by atoms with Gasteiger partial charge in [-0.15, -0.1) is 11.3 Å². The molecule has 2 aliphatic rings. The highest BCUT2D eigenvalue weighted by atomic mass is 32.1. The topological polar surface area (TPSA) is 56.6 Å². The van der Waals surface area contributed by atoms with E-state index < -0.39 is 11.7 Å². The number of anilines is 1. The molecule has 1 aromatic carbocycles. The zero-order valence-corrected chi connectivity index (χ0v) is 17.8. The Hall–Kier alpha value is -2.57. The van der Waals surface area contributed by atoms with Crippen LogP contribution in [0.15, 0.2) is 35.7 Å². The smallest absolute Gasteiger partial charge is 0.384 e. The Labute approximate surface area is 182 Å². The Morgan fingerprint density at radius 3 is 2.81 bits per heavy atom. The van der Waals surface area contributed by atoms with Crippen molar-refractivity contribution in [1.82, 2.24) is 4.90 Å². The second kappa shape index (κ2) is 8.17. The maximum absolute atomic E-state index is 13.4. The lowest BCUT2D eigenvalue weighted by Gasteiger charge is -2.43. The summed E-state index contributed by atoms with van der Waals surface area (Å²) >= 11 is 1.40. The number of rotatable bonds is 4. The van der Waals surface area contributed by atoms with Gasteiger partial charge in [0.1, 0.15) is 0 Å². The third-order valence-corrected chi connectivity index (χ3v) is 7.17. The quantitative estimate of drug-likeness (QED) is 0.700. The van der Waals surface area contributed by atoms with Crippen molar-refractivity contribution < 1.29 is 22.7 Å². The van der Waals surface area contributed by atoms with Gasteiger partial charge < -0.3 is 14.5 Å². The lowest BCUT2D eigenvalue weighted by atomic mass is 9.74. The molecule has 2 aliphatic heterocycles. The SMILES string of the molecule is COC[C@@]12CN(C(=O)c3cccs3)CC[C@@H]1CN(c1ccc(C#N)c(C(F)(F)F)c1)C2. The summed E-state index contributed by atoms with van der Waals surface area (Å²) in [6.07, 6.45) is -3.83. The van der Waals surface area contributed by atoms with E-state index in [4.69, 9.17) is 10.00 Å². The van der Waals surface area contributed by atoms with Crippen LogP contribution >= 0.6 is 11.3 Å². The second-order valence-corrected chi connectivity index (χ2v) is 9.15. The summed E-state index contributed by atoms with van der Waals surface area (Å²) < 4.78 is 45.8. The van der Waals surface area contributed by atoms with Crippen LogP contribution in [-0.2, 0) is 10.9 Å². The molecular weight excluding hydrogens is 427 g/mol. The van der Waals surface area contributed by atoms with E-state index in [9.17, 15) is 18.0 Å². The minimum absolute atomic E-state index is 0.0138. The number of ether oxygens (including phenoxy) is 1. The summed E-state index contributed by atoms with van der Waals surface area (Å²) in [6.45, 7) is 2.62. The first-order valence-corrected chi connectivity index (χ1v) is 10.8. The van der Waals surface area contributed by atoms with Crippen LogP contribution in [0.25, 0.3) is 0 Å². The average Bonchev–Trinajstić information content (AvgIpc) is 3.40. The monoisotopic (exact) mass is 449 g/mol. The Bertz CT molecular complexity index is 1000. The van der Waals surface area contributed by atoms with Gasteiger partial charge in [-0.3, -0.25) is 4.79 Å². The maximum atomic E-state index is 13.4. The minimum Gasteiger partial charge on any atom is -0.384 e. The van der Waals surface area contributed by atoms with E-state index in [2.05, 4.69) is 0 Å². The predicted octanol–water partition coefficient (Wildman–Crippen LogP) is 4.25. The number of alkyl halides is 3. The van der Waals surface area contributed by atoms with E-state index in [1.807, 2.05) is 21.2 Å². The minimum atomic E-state index is -4.60. The molecule has 0 saturated carbocycles. The number of fused-ring (bicyclic) bond motifs is 1. The molecular formula is C22H22F3N3O2S. The molecule has 2 saturated heterocycles. The van der Waals surface area contributed by atoms with Crippen LogP contribution in [0, 0.1) is 22.7 Å². The van der Waals surface area contributed by atoms with E-state index in [0.717, 1.165) is 12.5 Å². The fraction of sp³-hybridized carbons (Fsp3) is 0.455. The highest BCUT2D eigenvalue weighted by molar-refractivity contribution is 7.12. The molecule has 5 nitrogen and oxygen atoms in total. The number of methoxy groups -OCH3 is 1. The molecule has 31 heavy (non-hydrogen) atoms. The molecule has 0 unspecified atom stereocenters. The van der Waals surface area contributed by atoms with Crippen molar-refractivity contribution in [1.29, 1.82) is 5.26 Å². The van der Waals surface area contributed by atoms with Crippen LogP contribution in [0.3, 0.4) is 0 Å². The van der Waals surface area contributed by atoms with Gasteiger partial charge in [-0.25, -0.2) is 0 Å². The molecule has 9 heteroatoms. The molecule has 0 radical (unpaired) electrons. The molecule has 1 amide bonds. The van der Waals surface area contributed by atoms with E-state index in [1.54, 1.807) is 25.3 Å². The summed E-state index contributed by atoms with van der Waals surface area (Å²) in [7, 11) is 1.61. The van der Waals surface area contributed by atoms with Gasteiger partial charge in [0, 0.05) is 44.4 Å². The van der Waals surface area contributed by atoms with E-state index in [-0.39, 0.29) is 22.8 Å². The van der Waals surface area contributed by atoms with E-state index >= 15 is 0 Å². The van der Waals surface area contributed by atoms with Crippen molar-refractivity contribution in [3.05, 3.63) is 51.7 Å². The molecule has 4 rings (SSSR count). The lowest BCUT2D eigenvalue weighted by molar-refractivity contribution is -0.137. The van der Waals surface area contributed by atoms with Gasteiger partial charge in [0.2, 0.25) is 0 Å². The van der Waals surface area contributed by atoms with Crippen LogP contribution in [0.4, 0.5) is 18.9 Å². The van der Waals surface area contributed by atoms with Crippen molar-refractivity contribution in [2.24, 2.45) is 11.3 Å². The van der Waals surface area contributed by atoms with Crippen LogP contribution in [0.5, 0.6) is 0 Å². The number of halogens is 3. The third-order valence-electron chi connectivity index (χ3n) is 6.31. The number of amides is 1. The standard InChI is InChI=1S/C22H22F3N3O2S/c1-30-14-21-12-27(20(29)19-3-2-8-31-19)7-6-16(21)11-28(13-21)17-5-4-15(10-26)18(9-17)22(23,24)25/h2-5,8-9,16H,6-7,11-14H2,1H3/t16-,21+/m1/s1. The number of likely N-dealkylation sites (tertiary alicyclic amines) is 1. The molecule has 0 bridgehead atoms. The molecule has 1 aromatic heterocycles. The Morgan fingerprint density at radius 2 is 2.16 bits per heavy atom. The number of carbonyl (C=O) groups excluding carboxylic acids is 1. The van der Waals surface area contributed by atoms with Gasteiger partial charge in [-0.05, 0) is 42.0 Å². The summed E-state index contributed by atoms with van der Waals surface area (Å²) in [5, 5.41) is 10.9. The van der Waals surface area contributed by atoms with Crippen molar-refractivity contribution in [3.8, 4) is 6.07 Å². The Morgan fingerprint density at radius 1 is 1.35 bits per heavy atom. The molecule has 0 spiro atoms. The van der Waals surface area contributed by atoms with Crippen molar-refractivity contribution in [3.63, 3.8) is 0 Å². The van der Waals surface area contributed by atoms with Crippen molar-refractivity contribution in [2.45, 2.75) is 12.6 Å². The lowest BCUT2D eigenvalue weighted by Crippen LogP contribution is -2.52. The first-order chi connectivity index (χ1) is 14.8. The molecule has 2 atom stereocenters. The molecule has 2 aromatic rings. The summed E-state index contributed by atoms with van der Waals surface area (Å²) in [5.41, 5.74) is -1.22. The molecule has 0 aliphatic carbocycles. The van der Waals surface area contributed by atoms with Crippen LogP contribution in [-0.4, -0.2) is 50.7 Å². The number of thiophene rings is 1. The first-order valence-electron chi connectivity index (χ1n) is 9.95. The maximum Gasteiger partial charge on any atom is 0.417 e. The Balaban J connectivity index is 1.61. The number of hydrogen-bond acceptors (Lipinski definition) is 5. The summed E-state index contributed by atoms with van der Waals surface area (Å²) in [6, 6.07) is 9.14. The zero-order chi connectivity index (χ0) is 22.2. The van der Waals surface area contributed by atoms with Gasteiger partial charge in [0.05, 0.1) is 28.7 Å². The van der Waals surface area contributed by atoms with Gasteiger partial charge >= 0.3 is 6.18 Å². The number of carbonyl (C=O) groups is 1. The normalized spacial score (nSPS) is 23.5. The fourth-order valence-electron chi connectivity index (χ4n) is 4.86. The second-order valence-electron chi connectivity index (χ2n) is 8.20. The summed E-state index contributed by atoms with van der Waals surface area (Å²) in [4.78, 5) is 17.4. The molecule has 3 heterocycles. The van der Waals surface area contributed by atoms with Gasteiger partial charge in [-0.2, -0.15) is 18.4 Å². The summed E-state index contributed by atoms with van der Waals surface area (Å²) in [5.74, 6) is 0.185. The Kier molecular flexibility index (Phi) is 5.71. The van der Waals surface area contributed by atoms with Gasteiger partial charge in [0.25, 0.3) is 5.91 Å². The van der Waals surface area contributed by atoms with Crippen molar-refractivity contribution >= 4 is 22.9 Å². The van der Waals surface area contributed by atoms with E-state index in [1.165, 1.54) is 17.4 Å². The fourth-order valence-corrected chi connectivity index (χ4v) is 5.56. The van der Waals surface area contributed by atoms with Crippen molar-refractivity contribution in [2.75, 3.05) is 44.8 Å². The molecule has 164 valence electrons. The number of nitriles is 1. The molecule has 2 fully saturated rings. The number of hydrogen-bond donors (Lipinski definition) is 0. The number of nitrogens with zero attached hydrogens (tertiary/aromatic N) is 3. The largest absolute Gasteiger partial charge is 0.417 e. The van der Waals surface area contributed by atoms with Crippen LogP contribution in [0.2, 0.25) is 0 Å². The third kappa shape index (κ3) is 4.02. The highest BCUT2D eigenvalue weighted by Crippen LogP contribution is 2.45. The molecule has 0 N–H and O–H groups in total. The zero-order valence-electron chi connectivity index (χ0n) is 17.0. The van der Waals surface area contributed by atoms with E-state index in [0.29, 0.717) is 43.4 Å².